The highest BCUT2D eigenvalue weighted by Gasteiger charge is 2.32. The van der Waals surface area contributed by atoms with E-state index in [0.717, 1.165) is 11.1 Å². The number of amides is 1. The number of nitrogens with zero attached hydrogens (tertiary/aromatic N) is 5. The SMILES string of the molecule is Cn1cc(-c2nc([C@@H]3COCCN3C(=O)Cc3cccc(Cl)c3)no2)cn1. The molecule has 1 saturated heterocycles. The number of rotatable bonds is 4. The van der Waals surface area contributed by atoms with E-state index in [4.69, 9.17) is 20.9 Å². The minimum absolute atomic E-state index is 0.0294. The molecule has 1 aliphatic heterocycles. The fourth-order valence-corrected chi connectivity index (χ4v) is 3.27. The minimum atomic E-state index is -0.389. The van der Waals surface area contributed by atoms with Gasteiger partial charge in [-0.25, -0.2) is 0 Å². The number of carbonyl (C=O) groups is 1. The Balaban J connectivity index is 1.54. The number of hydrogen-bond acceptors (Lipinski definition) is 6. The smallest absolute Gasteiger partial charge is 0.261 e. The normalized spacial score (nSPS) is 17.3. The van der Waals surface area contributed by atoms with Crippen LogP contribution < -0.4 is 0 Å². The molecule has 2 aromatic heterocycles. The lowest BCUT2D eigenvalue weighted by Crippen LogP contribution is -2.44. The molecule has 0 unspecified atom stereocenters. The van der Waals surface area contributed by atoms with Crippen molar-refractivity contribution in [2.75, 3.05) is 19.8 Å². The van der Waals surface area contributed by atoms with Gasteiger partial charge in [0.2, 0.25) is 5.91 Å². The van der Waals surface area contributed by atoms with Gasteiger partial charge in [-0.15, -0.1) is 0 Å². The zero-order valence-electron chi connectivity index (χ0n) is 14.7. The molecule has 9 heteroatoms. The first-order valence-corrected chi connectivity index (χ1v) is 8.92. The van der Waals surface area contributed by atoms with Crippen LogP contribution >= 0.6 is 11.6 Å². The van der Waals surface area contributed by atoms with Gasteiger partial charge in [-0.2, -0.15) is 10.1 Å². The Labute approximate surface area is 160 Å². The minimum Gasteiger partial charge on any atom is -0.377 e. The molecular formula is C18H18ClN5O3. The van der Waals surface area contributed by atoms with Crippen molar-refractivity contribution < 1.29 is 14.1 Å². The lowest BCUT2D eigenvalue weighted by Gasteiger charge is -2.33. The zero-order valence-corrected chi connectivity index (χ0v) is 15.5. The third kappa shape index (κ3) is 3.86. The molecule has 0 N–H and O–H groups in total. The molecular weight excluding hydrogens is 370 g/mol. The summed E-state index contributed by atoms with van der Waals surface area (Å²) < 4.78 is 12.6. The molecule has 140 valence electrons. The summed E-state index contributed by atoms with van der Waals surface area (Å²) in [5, 5.41) is 8.77. The third-order valence-electron chi connectivity index (χ3n) is 4.38. The van der Waals surface area contributed by atoms with Gasteiger partial charge in [-0.05, 0) is 17.7 Å². The quantitative estimate of drug-likeness (QED) is 0.682. The van der Waals surface area contributed by atoms with Gasteiger partial charge in [0, 0.05) is 24.8 Å². The lowest BCUT2D eigenvalue weighted by molar-refractivity contribution is -0.139. The van der Waals surface area contributed by atoms with Crippen LogP contribution in [0.15, 0.2) is 41.2 Å². The van der Waals surface area contributed by atoms with Crippen molar-refractivity contribution in [1.29, 1.82) is 0 Å². The summed E-state index contributed by atoms with van der Waals surface area (Å²) in [7, 11) is 1.81. The number of aromatic nitrogens is 4. The maximum atomic E-state index is 12.9. The van der Waals surface area contributed by atoms with Crippen LogP contribution in [0.4, 0.5) is 0 Å². The van der Waals surface area contributed by atoms with Gasteiger partial charge >= 0.3 is 0 Å². The monoisotopic (exact) mass is 387 g/mol. The van der Waals surface area contributed by atoms with Crippen molar-refractivity contribution in [3.8, 4) is 11.5 Å². The van der Waals surface area contributed by atoms with Crippen molar-refractivity contribution in [3.63, 3.8) is 0 Å². The second-order valence-corrected chi connectivity index (χ2v) is 6.78. The molecule has 3 heterocycles. The Morgan fingerprint density at radius 3 is 3.07 bits per heavy atom. The average molecular weight is 388 g/mol. The summed E-state index contributed by atoms with van der Waals surface area (Å²) in [5.41, 5.74) is 1.59. The molecule has 1 aliphatic rings. The molecule has 3 aromatic rings. The van der Waals surface area contributed by atoms with Crippen LogP contribution in [-0.4, -0.2) is 50.5 Å². The van der Waals surface area contributed by atoms with Crippen LogP contribution in [0.1, 0.15) is 17.4 Å². The Hall–Kier alpha value is -2.71. The third-order valence-corrected chi connectivity index (χ3v) is 4.62. The Morgan fingerprint density at radius 1 is 1.41 bits per heavy atom. The van der Waals surface area contributed by atoms with E-state index in [1.54, 1.807) is 34.1 Å². The molecule has 1 fully saturated rings. The van der Waals surface area contributed by atoms with Crippen molar-refractivity contribution in [2.24, 2.45) is 7.05 Å². The summed E-state index contributed by atoms with van der Waals surface area (Å²) in [4.78, 5) is 19.1. The van der Waals surface area contributed by atoms with Gasteiger partial charge in [0.15, 0.2) is 5.82 Å². The van der Waals surface area contributed by atoms with Crippen molar-refractivity contribution in [2.45, 2.75) is 12.5 Å². The van der Waals surface area contributed by atoms with Gasteiger partial charge in [0.1, 0.15) is 6.04 Å². The van der Waals surface area contributed by atoms with Crippen LogP contribution in [-0.2, 0) is 23.0 Å². The van der Waals surface area contributed by atoms with E-state index in [9.17, 15) is 4.79 Å². The zero-order chi connectivity index (χ0) is 18.8. The molecule has 1 atom stereocenters. The van der Waals surface area contributed by atoms with Crippen molar-refractivity contribution in [1.82, 2.24) is 24.8 Å². The highest BCUT2D eigenvalue weighted by atomic mass is 35.5. The standard InChI is InChI=1S/C18H18ClN5O3/c1-23-10-13(9-20-23)18-21-17(22-27-18)15-11-26-6-5-24(15)16(25)8-12-3-2-4-14(19)7-12/h2-4,7,9-10,15H,5-6,8,11H2,1H3/t15-/m0/s1. The van der Waals surface area contributed by atoms with Gasteiger partial charge in [0.25, 0.3) is 5.89 Å². The molecule has 1 amide bonds. The predicted octanol–water partition coefficient (Wildman–Crippen LogP) is 2.27. The van der Waals surface area contributed by atoms with E-state index >= 15 is 0 Å². The summed E-state index contributed by atoms with van der Waals surface area (Å²) in [6, 6.07) is 6.91. The summed E-state index contributed by atoms with van der Waals surface area (Å²) in [5.74, 6) is 0.761. The Morgan fingerprint density at radius 2 is 2.30 bits per heavy atom. The molecule has 0 saturated carbocycles. The maximum Gasteiger partial charge on any atom is 0.261 e. The van der Waals surface area contributed by atoms with E-state index in [0.29, 0.717) is 36.5 Å². The second kappa shape index (κ2) is 7.50. The summed E-state index contributed by atoms with van der Waals surface area (Å²) >= 11 is 6.02. The van der Waals surface area contributed by atoms with Crippen molar-refractivity contribution >= 4 is 17.5 Å². The number of morpholine rings is 1. The number of hydrogen-bond donors (Lipinski definition) is 0. The van der Waals surface area contributed by atoms with Gasteiger partial charge in [-0.1, -0.05) is 28.9 Å². The average Bonchev–Trinajstić information content (AvgIpc) is 3.31. The topological polar surface area (TPSA) is 86.3 Å². The molecule has 0 spiro atoms. The van der Waals surface area contributed by atoms with Crippen LogP contribution in [0.25, 0.3) is 11.5 Å². The number of benzene rings is 1. The number of aryl methyl sites for hydroxylation is 1. The number of halogens is 1. The fraction of sp³-hybridized carbons (Fsp3) is 0.333. The van der Waals surface area contributed by atoms with Crippen LogP contribution in [0, 0.1) is 0 Å². The van der Waals surface area contributed by atoms with Crippen LogP contribution in [0.2, 0.25) is 5.02 Å². The van der Waals surface area contributed by atoms with E-state index in [2.05, 4.69) is 15.2 Å². The number of carbonyl (C=O) groups excluding carboxylic acids is 1. The van der Waals surface area contributed by atoms with E-state index in [1.165, 1.54) is 0 Å². The molecule has 27 heavy (non-hydrogen) atoms. The first kappa shape index (κ1) is 17.7. The summed E-state index contributed by atoms with van der Waals surface area (Å²) in [6.45, 7) is 1.28. The maximum absolute atomic E-state index is 12.9. The Kier molecular flexibility index (Phi) is 4.91. The Bertz CT molecular complexity index is 954. The van der Waals surface area contributed by atoms with Crippen molar-refractivity contribution in [3.05, 3.63) is 53.1 Å². The largest absolute Gasteiger partial charge is 0.377 e. The fourth-order valence-electron chi connectivity index (χ4n) is 3.06. The van der Waals surface area contributed by atoms with Gasteiger partial charge < -0.3 is 14.2 Å². The summed E-state index contributed by atoms with van der Waals surface area (Å²) in [6.07, 6.45) is 3.69. The van der Waals surface area contributed by atoms with E-state index < -0.39 is 0 Å². The number of ether oxygens (including phenoxy) is 1. The van der Waals surface area contributed by atoms with Crippen LogP contribution in [0.3, 0.4) is 0 Å². The first-order valence-electron chi connectivity index (χ1n) is 8.54. The predicted molar refractivity (Wildman–Crippen MR) is 96.9 cm³/mol. The van der Waals surface area contributed by atoms with Crippen LogP contribution in [0.5, 0.6) is 0 Å². The van der Waals surface area contributed by atoms with Gasteiger partial charge in [0.05, 0.1) is 31.4 Å². The first-order chi connectivity index (χ1) is 13.1. The highest BCUT2D eigenvalue weighted by Crippen LogP contribution is 2.26. The molecule has 1 aromatic carbocycles. The lowest BCUT2D eigenvalue weighted by atomic mass is 10.1. The highest BCUT2D eigenvalue weighted by molar-refractivity contribution is 6.30. The molecule has 4 rings (SSSR count). The molecule has 0 bridgehead atoms. The van der Waals surface area contributed by atoms with Gasteiger partial charge in [-0.3, -0.25) is 9.48 Å². The second-order valence-electron chi connectivity index (χ2n) is 6.34. The molecule has 8 nitrogen and oxygen atoms in total. The molecule has 0 aliphatic carbocycles. The molecule has 0 radical (unpaired) electrons. The van der Waals surface area contributed by atoms with E-state index in [1.807, 2.05) is 19.2 Å². The van der Waals surface area contributed by atoms with E-state index in [-0.39, 0.29) is 18.4 Å².